The van der Waals surface area contributed by atoms with Gasteiger partial charge in [-0.05, 0) is 67.2 Å². The van der Waals surface area contributed by atoms with Crippen LogP contribution in [0.5, 0.6) is 5.75 Å². The second-order valence-electron chi connectivity index (χ2n) is 7.23. The first-order chi connectivity index (χ1) is 14.6. The smallest absolute Gasteiger partial charge is 0.228 e. The highest BCUT2D eigenvalue weighted by Crippen LogP contribution is 2.37. The molecule has 1 fully saturated rings. The van der Waals surface area contributed by atoms with Crippen LogP contribution in [0.3, 0.4) is 0 Å². The predicted molar refractivity (Wildman–Crippen MR) is 118 cm³/mol. The van der Waals surface area contributed by atoms with Gasteiger partial charge in [-0.1, -0.05) is 23.7 Å². The topological polar surface area (TPSA) is 87.0 Å². The average molecular weight is 421 g/mol. The van der Waals surface area contributed by atoms with Crippen molar-refractivity contribution in [3.8, 4) is 22.9 Å². The van der Waals surface area contributed by atoms with Gasteiger partial charge in [0, 0.05) is 21.9 Å². The number of nitriles is 1. The molecule has 0 bridgehead atoms. The number of nitrogens with one attached hydrogen (secondary N) is 2. The zero-order valence-electron chi connectivity index (χ0n) is 16.5. The highest BCUT2D eigenvalue weighted by Gasteiger charge is 2.23. The van der Waals surface area contributed by atoms with Crippen molar-refractivity contribution in [2.75, 3.05) is 25.5 Å². The van der Waals surface area contributed by atoms with Crippen molar-refractivity contribution in [1.82, 2.24) is 10.3 Å². The van der Waals surface area contributed by atoms with Crippen LogP contribution in [-0.2, 0) is 4.79 Å². The van der Waals surface area contributed by atoms with E-state index in [1.165, 1.54) is 0 Å². The molecule has 0 atom stereocenters. The van der Waals surface area contributed by atoms with Crippen molar-refractivity contribution >= 4 is 34.1 Å². The molecule has 1 aliphatic rings. The van der Waals surface area contributed by atoms with Gasteiger partial charge in [0.2, 0.25) is 5.91 Å². The van der Waals surface area contributed by atoms with Crippen LogP contribution in [0.1, 0.15) is 18.5 Å². The molecule has 2 aromatic carbocycles. The number of piperidine rings is 1. The number of nitrogens with zero attached hydrogens (tertiary/aromatic N) is 2. The molecule has 1 aliphatic heterocycles. The van der Waals surface area contributed by atoms with Gasteiger partial charge in [0.15, 0.2) is 5.69 Å². The van der Waals surface area contributed by atoms with Gasteiger partial charge in [-0.25, -0.2) is 4.98 Å². The van der Waals surface area contributed by atoms with Gasteiger partial charge in [0.1, 0.15) is 17.6 Å². The summed E-state index contributed by atoms with van der Waals surface area (Å²) in [5.41, 5.74) is 1.66. The summed E-state index contributed by atoms with van der Waals surface area (Å²) in [6, 6.07) is 15.0. The Bertz CT molecular complexity index is 1150. The van der Waals surface area contributed by atoms with Crippen molar-refractivity contribution < 1.29 is 9.53 Å². The number of aromatic nitrogens is 1. The van der Waals surface area contributed by atoms with Gasteiger partial charge < -0.3 is 15.4 Å². The van der Waals surface area contributed by atoms with Gasteiger partial charge >= 0.3 is 0 Å². The molecular formula is C23H21ClN4O2. The van der Waals surface area contributed by atoms with Gasteiger partial charge in [0.05, 0.1) is 7.11 Å². The zero-order valence-corrected chi connectivity index (χ0v) is 17.3. The van der Waals surface area contributed by atoms with Crippen LogP contribution in [0.15, 0.2) is 42.5 Å². The maximum absolute atomic E-state index is 12.8. The Labute approximate surface area is 179 Å². The summed E-state index contributed by atoms with van der Waals surface area (Å²) in [5, 5.41) is 18.1. The van der Waals surface area contributed by atoms with E-state index in [-0.39, 0.29) is 17.5 Å². The lowest BCUT2D eigenvalue weighted by Crippen LogP contribution is -2.34. The summed E-state index contributed by atoms with van der Waals surface area (Å²) in [6.45, 7) is 1.64. The fraction of sp³-hybridized carbons (Fsp3) is 0.261. The lowest BCUT2D eigenvalue weighted by Gasteiger charge is -2.22. The van der Waals surface area contributed by atoms with Gasteiger partial charge in [-0.2, -0.15) is 5.26 Å². The second kappa shape index (κ2) is 8.70. The van der Waals surface area contributed by atoms with E-state index in [1.807, 2.05) is 30.3 Å². The molecule has 1 saturated heterocycles. The SMILES string of the molecule is COc1ccc2c(NC(=O)C3CCNCC3)nc(C#N)c(-c3cccc(Cl)c3)c2c1. The predicted octanol–water partition coefficient (Wildman–Crippen LogP) is 4.37. The summed E-state index contributed by atoms with van der Waals surface area (Å²) in [6.07, 6.45) is 1.56. The average Bonchev–Trinajstić information content (AvgIpc) is 2.78. The Morgan fingerprint density at radius 3 is 2.73 bits per heavy atom. The Hall–Kier alpha value is -3.14. The fourth-order valence-electron chi connectivity index (χ4n) is 3.83. The number of amides is 1. The van der Waals surface area contributed by atoms with Crippen molar-refractivity contribution in [2.45, 2.75) is 12.8 Å². The minimum absolute atomic E-state index is 0.0690. The highest BCUT2D eigenvalue weighted by molar-refractivity contribution is 6.31. The first-order valence-electron chi connectivity index (χ1n) is 9.80. The summed E-state index contributed by atoms with van der Waals surface area (Å²) >= 11 is 6.20. The molecular weight excluding hydrogens is 400 g/mol. The molecule has 1 aromatic heterocycles. The van der Waals surface area contributed by atoms with Gasteiger partial charge in [-0.15, -0.1) is 0 Å². The summed E-state index contributed by atoms with van der Waals surface area (Å²) in [4.78, 5) is 17.4. The molecule has 30 heavy (non-hydrogen) atoms. The van der Waals surface area contributed by atoms with Crippen LogP contribution in [0, 0.1) is 17.2 Å². The highest BCUT2D eigenvalue weighted by atomic mass is 35.5. The number of ether oxygens (including phenoxy) is 1. The van der Waals surface area contributed by atoms with Crippen LogP contribution < -0.4 is 15.4 Å². The molecule has 2 heterocycles. The maximum atomic E-state index is 12.8. The number of anilines is 1. The Morgan fingerprint density at radius 2 is 2.03 bits per heavy atom. The number of fused-ring (bicyclic) bond motifs is 1. The number of methoxy groups -OCH3 is 1. The minimum Gasteiger partial charge on any atom is -0.497 e. The fourth-order valence-corrected chi connectivity index (χ4v) is 4.02. The third kappa shape index (κ3) is 3.95. The van der Waals surface area contributed by atoms with E-state index >= 15 is 0 Å². The number of carbonyl (C=O) groups is 1. The molecule has 0 saturated carbocycles. The van der Waals surface area contributed by atoms with Crippen LogP contribution in [0.4, 0.5) is 5.82 Å². The lowest BCUT2D eigenvalue weighted by molar-refractivity contribution is -0.120. The van der Waals surface area contributed by atoms with Crippen molar-refractivity contribution in [1.29, 1.82) is 5.26 Å². The van der Waals surface area contributed by atoms with Crippen LogP contribution in [0.2, 0.25) is 5.02 Å². The molecule has 2 N–H and O–H groups in total. The van der Waals surface area contributed by atoms with E-state index in [0.29, 0.717) is 22.2 Å². The van der Waals surface area contributed by atoms with Crippen LogP contribution in [-0.4, -0.2) is 31.1 Å². The molecule has 4 rings (SSSR count). The molecule has 3 aromatic rings. The first-order valence-corrected chi connectivity index (χ1v) is 10.2. The third-order valence-electron chi connectivity index (χ3n) is 5.38. The molecule has 0 spiro atoms. The zero-order chi connectivity index (χ0) is 21.1. The molecule has 1 amide bonds. The first kappa shape index (κ1) is 20.1. The maximum Gasteiger partial charge on any atom is 0.228 e. The summed E-state index contributed by atoms with van der Waals surface area (Å²) in [5.74, 6) is 0.898. The van der Waals surface area contributed by atoms with Crippen molar-refractivity contribution in [3.63, 3.8) is 0 Å². The van der Waals surface area contributed by atoms with Gasteiger partial charge in [-0.3, -0.25) is 4.79 Å². The van der Waals surface area contributed by atoms with Crippen molar-refractivity contribution in [2.24, 2.45) is 5.92 Å². The standard InChI is InChI=1S/C23H21ClN4O2/c1-30-17-5-6-18-19(12-17)21(15-3-2-4-16(24)11-15)20(13-25)27-22(18)28-23(29)14-7-9-26-10-8-14/h2-6,11-12,14,26H,7-10H2,1H3,(H,27,28,29). The van der Waals surface area contributed by atoms with E-state index < -0.39 is 0 Å². The largest absolute Gasteiger partial charge is 0.497 e. The summed E-state index contributed by atoms with van der Waals surface area (Å²) < 4.78 is 5.40. The molecule has 7 heteroatoms. The second-order valence-corrected chi connectivity index (χ2v) is 7.67. The Morgan fingerprint density at radius 1 is 1.23 bits per heavy atom. The number of benzene rings is 2. The quantitative estimate of drug-likeness (QED) is 0.654. The molecule has 0 radical (unpaired) electrons. The van der Waals surface area contributed by atoms with Crippen LogP contribution in [0.25, 0.3) is 21.9 Å². The van der Waals surface area contributed by atoms with E-state index in [2.05, 4.69) is 21.7 Å². The monoisotopic (exact) mass is 420 g/mol. The van der Waals surface area contributed by atoms with Gasteiger partial charge in [0.25, 0.3) is 0 Å². The Balaban J connectivity index is 1.87. The number of halogens is 1. The number of carbonyl (C=O) groups excluding carboxylic acids is 1. The van der Waals surface area contributed by atoms with E-state index in [1.54, 1.807) is 19.2 Å². The number of hydrogen-bond acceptors (Lipinski definition) is 5. The van der Waals surface area contributed by atoms with E-state index in [9.17, 15) is 10.1 Å². The molecule has 0 unspecified atom stereocenters. The third-order valence-corrected chi connectivity index (χ3v) is 5.62. The molecule has 6 nitrogen and oxygen atoms in total. The lowest BCUT2D eigenvalue weighted by atomic mass is 9.95. The molecule has 0 aliphatic carbocycles. The number of rotatable bonds is 4. The number of hydrogen-bond donors (Lipinski definition) is 2. The molecule has 152 valence electrons. The minimum atomic E-state index is -0.0699. The number of pyridine rings is 1. The van der Waals surface area contributed by atoms with E-state index in [0.717, 1.165) is 42.3 Å². The van der Waals surface area contributed by atoms with Crippen LogP contribution >= 0.6 is 11.6 Å². The Kier molecular flexibility index (Phi) is 5.84. The summed E-state index contributed by atoms with van der Waals surface area (Å²) in [7, 11) is 1.59. The van der Waals surface area contributed by atoms with E-state index in [4.69, 9.17) is 16.3 Å². The normalized spacial score (nSPS) is 14.3. The van der Waals surface area contributed by atoms with Crippen molar-refractivity contribution in [3.05, 3.63) is 53.2 Å².